The standard InChI is InChI=1S/C6H6Cl2N2O2S2/c7-10-4-9(14(8,11)12)3-6-5(10)1-2-13-6/h1-2H,3-4H2. The van der Waals surface area contributed by atoms with Crippen LogP contribution in [0.15, 0.2) is 11.4 Å². The molecule has 78 valence electrons. The zero-order valence-electron chi connectivity index (χ0n) is 6.85. The lowest BCUT2D eigenvalue weighted by atomic mass is 10.3. The van der Waals surface area contributed by atoms with Crippen molar-refractivity contribution in [1.29, 1.82) is 0 Å². The van der Waals surface area contributed by atoms with E-state index in [2.05, 4.69) is 0 Å². The Kier molecular flexibility index (Phi) is 2.65. The van der Waals surface area contributed by atoms with Gasteiger partial charge < -0.3 is 0 Å². The number of halogens is 2. The summed E-state index contributed by atoms with van der Waals surface area (Å²) < 4.78 is 24.6. The molecule has 0 atom stereocenters. The van der Waals surface area contributed by atoms with Gasteiger partial charge >= 0.3 is 9.24 Å². The summed E-state index contributed by atoms with van der Waals surface area (Å²) >= 11 is 7.32. The van der Waals surface area contributed by atoms with Gasteiger partial charge in [-0.05, 0) is 11.4 Å². The van der Waals surface area contributed by atoms with E-state index in [0.717, 1.165) is 14.9 Å². The van der Waals surface area contributed by atoms with Gasteiger partial charge in [0.25, 0.3) is 0 Å². The molecule has 0 N–H and O–H groups in total. The van der Waals surface area contributed by atoms with Gasteiger partial charge in [0, 0.05) is 27.3 Å². The van der Waals surface area contributed by atoms with Crippen LogP contribution in [0.1, 0.15) is 4.88 Å². The molecular weight excluding hydrogens is 267 g/mol. The van der Waals surface area contributed by atoms with Crippen LogP contribution in [0.2, 0.25) is 0 Å². The predicted octanol–water partition coefficient (Wildman–Crippen LogP) is 1.97. The Balaban J connectivity index is 2.35. The van der Waals surface area contributed by atoms with Crippen LogP contribution in [0.3, 0.4) is 0 Å². The molecule has 14 heavy (non-hydrogen) atoms. The number of fused-ring (bicyclic) bond motifs is 1. The van der Waals surface area contributed by atoms with Crippen molar-refractivity contribution < 1.29 is 8.42 Å². The first-order chi connectivity index (χ1) is 6.48. The summed E-state index contributed by atoms with van der Waals surface area (Å²) in [5.41, 5.74) is 0.855. The van der Waals surface area contributed by atoms with Gasteiger partial charge in [0.05, 0.1) is 12.2 Å². The second-order valence-corrected chi connectivity index (χ2v) is 6.70. The maximum absolute atomic E-state index is 11.1. The van der Waals surface area contributed by atoms with Gasteiger partial charge in [0.2, 0.25) is 0 Å². The van der Waals surface area contributed by atoms with Crippen molar-refractivity contribution in [2.75, 3.05) is 11.1 Å². The van der Waals surface area contributed by atoms with Crippen molar-refractivity contribution in [3.63, 3.8) is 0 Å². The minimum atomic E-state index is -3.69. The Hall–Kier alpha value is -0.0100. The second-order valence-electron chi connectivity index (χ2n) is 2.78. The summed E-state index contributed by atoms with van der Waals surface area (Å²) in [6.07, 6.45) is 0. The van der Waals surface area contributed by atoms with E-state index in [0.29, 0.717) is 6.54 Å². The van der Waals surface area contributed by atoms with E-state index in [-0.39, 0.29) is 6.67 Å². The van der Waals surface area contributed by atoms with Crippen LogP contribution >= 0.6 is 33.8 Å². The summed E-state index contributed by atoms with van der Waals surface area (Å²) in [5, 5.41) is 1.87. The van der Waals surface area contributed by atoms with E-state index in [1.807, 2.05) is 11.4 Å². The first-order valence-electron chi connectivity index (χ1n) is 3.68. The van der Waals surface area contributed by atoms with Crippen LogP contribution in [-0.2, 0) is 15.8 Å². The molecule has 0 saturated carbocycles. The number of anilines is 1. The number of nitrogens with zero attached hydrogens (tertiary/aromatic N) is 2. The molecule has 0 fully saturated rings. The van der Waals surface area contributed by atoms with Crippen LogP contribution < -0.4 is 4.42 Å². The molecule has 1 aliphatic rings. The van der Waals surface area contributed by atoms with E-state index in [1.54, 1.807) is 0 Å². The highest BCUT2D eigenvalue weighted by Crippen LogP contribution is 2.34. The lowest BCUT2D eigenvalue weighted by Gasteiger charge is -2.29. The van der Waals surface area contributed by atoms with Crippen LogP contribution in [0.4, 0.5) is 5.69 Å². The Morgan fingerprint density at radius 2 is 2.21 bits per heavy atom. The quantitative estimate of drug-likeness (QED) is 0.580. The third kappa shape index (κ3) is 1.85. The highest BCUT2D eigenvalue weighted by Gasteiger charge is 2.29. The van der Waals surface area contributed by atoms with Gasteiger partial charge in [0.15, 0.2) is 0 Å². The Labute approximate surface area is 95.3 Å². The average Bonchev–Trinajstić information content (AvgIpc) is 2.50. The third-order valence-corrected chi connectivity index (χ3v) is 4.52. The lowest BCUT2D eigenvalue weighted by Crippen LogP contribution is -2.38. The first-order valence-corrected chi connectivity index (χ1v) is 7.16. The van der Waals surface area contributed by atoms with Crippen molar-refractivity contribution >= 4 is 48.7 Å². The topological polar surface area (TPSA) is 40.6 Å². The Morgan fingerprint density at radius 3 is 2.86 bits per heavy atom. The first kappa shape index (κ1) is 10.5. The summed E-state index contributed by atoms with van der Waals surface area (Å²) in [5.74, 6) is 0. The average molecular weight is 273 g/mol. The molecule has 2 heterocycles. The maximum atomic E-state index is 11.1. The highest BCUT2D eigenvalue weighted by molar-refractivity contribution is 8.11. The van der Waals surface area contributed by atoms with E-state index in [4.69, 9.17) is 22.5 Å². The van der Waals surface area contributed by atoms with E-state index >= 15 is 0 Å². The van der Waals surface area contributed by atoms with Gasteiger partial charge in [-0.2, -0.15) is 12.7 Å². The van der Waals surface area contributed by atoms with Crippen molar-refractivity contribution in [2.45, 2.75) is 6.54 Å². The molecule has 0 aromatic carbocycles. The Bertz CT molecular complexity index is 444. The summed E-state index contributed by atoms with van der Waals surface area (Å²) in [4.78, 5) is 0.899. The lowest BCUT2D eigenvalue weighted by molar-refractivity contribution is 0.420. The van der Waals surface area contributed by atoms with Gasteiger partial charge in [-0.3, -0.25) is 4.42 Å². The molecule has 0 unspecified atom stereocenters. The summed E-state index contributed by atoms with van der Waals surface area (Å²) in [6.45, 7) is 0.374. The summed E-state index contributed by atoms with van der Waals surface area (Å²) in [7, 11) is 1.53. The zero-order chi connectivity index (χ0) is 10.3. The molecule has 0 aliphatic carbocycles. The number of hydrogen-bond donors (Lipinski definition) is 0. The predicted molar refractivity (Wildman–Crippen MR) is 57.8 cm³/mol. The monoisotopic (exact) mass is 272 g/mol. The molecule has 0 radical (unpaired) electrons. The summed E-state index contributed by atoms with van der Waals surface area (Å²) in [6, 6.07) is 1.85. The van der Waals surface area contributed by atoms with E-state index < -0.39 is 9.24 Å². The SMILES string of the molecule is O=S(=O)(Cl)N1Cc2sccc2N(Cl)C1. The largest absolute Gasteiger partial charge is 0.301 e. The number of rotatable bonds is 1. The second kappa shape index (κ2) is 3.53. The molecule has 1 aromatic heterocycles. The molecule has 2 rings (SSSR count). The molecular formula is C6H6Cl2N2O2S2. The number of hydrogen-bond acceptors (Lipinski definition) is 4. The van der Waals surface area contributed by atoms with Crippen molar-refractivity contribution in [3.8, 4) is 0 Å². The van der Waals surface area contributed by atoms with Crippen molar-refractivity contribution in [2.24, 2.45) is 0 Å². The normalized spacial score (nSPS) is 18.3. The van der Waals surface area contributed by atoms with E-state index in [9.17, 15) is 8.42 Å². The molecule has 0 bridgehead atoms. The van der Waals surface area contributed by atoms with Crippen LogP contribution in [0.25, 0.3) is 0 Å². The molecule has 1 aromatic rings. The minimum Gasteiger partial charge on any atom is -0.269 e. The van der Waals surface area contributed by atoms with Crippen molar-refractivity contribution in [3.05, 3.63) is 16.3 Å². The van der Waals surface area contributed by atoms with Crippen LogP contribution in [-0.4, -0.2) is 19.4 Å². The third-order valence-electron chi connectivity index (χ3n) is 1.89. The molecule has 8 heteroatoms. The van der Waals surface area contributed by atoms with Crippen molar-refractivity contribution in [1.82, 2.24) is 4.31 Å². The Morgan fingerprint density at radius 1 is 1.50 bits per heavy atom. The molecule has 0 amide bonds. The van der Waals surface area contributed by atoms with Crippen LogP contribution in [0, 0.1) is 0 Å². The highest BCUT2D eigenvalue weighted by atomic mass is 35.7. The van der Waals surface area contributed by atoms with E-state index in [1.165, 1.54) is 15.8 Å². The fourth-order valence-electron chi connectivity index (χ4n) is 1.24. The molecule has 1 aliphatic heterocycles. The fourth-order valence-corrected chi connectivity index (χ4v) is 3.43. The van der Waals surface area contributed by atoms with Gasteiger partial charge in [-0.25, -0.2) is 0 Å². The van der Waals surface area contributed by atoms with Gasteiger partial charge in [-0.1, -0.05) is 0 Å². The smallest absolute Gasteiger partial charge is 0.269 e. The van der Waals surface area contributed by atoms with Gasteiger partial charge in [0.1, 0.15) is 6.67 Å². The maximum Gasteiger partial charge on any atom is 0.301 e. The van der Waals surface area contributed by atoms with Gasteiger partial charge in [-0.15, -0.1) is 11.3 Å². The molecule has 0 spiro atoms. The van der Waals surface area contributed by atoms with Crippen LogP contribution in [0.5, 0.6) is 0 Å². The fraction of sp³-hybridized carbons (Fsp3) is 0.333. The number of thiophene rings is 1. The molecule has 0 saturated heterocycles. The minimum absolute atomic E-state index is 0.0805. The zero-order valence-corrected chi connectivity index (χ0v) is 10.00. The molecule has 4 nitrogen and oxygen atoms in total.